The van der Waals surface area contributed by atoms with Crippen LogP contribution in [-0.2, 0) is 19.3 Å². The molecule has 0 saturated carbocycles. The van der Waals surface area contributed by atoms with Gasteiger partial charge in [-0.25, -0.2) is 0 Å². The maximum Gasteiger partial charge on any atom is 0.168 e. The van der Waals surface area contributed by atoms with Gasteiger partial charge in [-0.1, -0.05) is 176 Å². The van der Waals surface area contributed by atoms with Crippen LogP contribution in [0.5, 0.6) is 0 Å². The Balaban J connectivity index is 0.822. The van der Waals surface area contributed by atoms with E-state index in [1.165, 1.54) is 141 Å². The molecule has 13 rings (SSSR count). The molecule has 83 heavy (non-hydrogen) atoms. The van der Waals surface area contributed by atoms with Gasteiger partial charge in [0.25, 0.3) is 0 Å². The average Bonchev–Trinajstić information content (AvgIpc) is 4.55. The summed E-state index contributed by atoms with van der Waals surface area (Å²) in [5.74, 6) is 1.48. The number of fused-ring (bicyclic) bond motifs is 3. The van der Waals surface area contributed by atoms with E-state index in [1.807, 2.05) is 34.0 Å². The minimum atomic E-state index is 0.738. The van der Waals surface area contributed by atoms with Crippen LogP contribution in [0.2, 0.25) is 0 Å². The molecule has 416 valence electrons. The standard InChI is InChI=1S/C68H63N9S6/c1-4-7-10-13-16-49-31-40-58(78-49)55-37-34-52(61-64(55)74-81-71-61)43-19-23-46(24-20-43)67-69-70-68(47-25-21-44(22-26-47)53-35-38-56(65-62(53)72-82-75-65)59-41-32-50(79-59)17-14-11-8-5-2)77(67)48-29-27-45(28-30-48)54-36-39-57(66-63(54)73-83-76-66)60-42-33-51(80-60)18-15-12-9-6-3/h19-42H,4-18H2,1-3H3. The summed E-state index contributed by atoms with van der Waals surface area (Å²) in [6.07, 6.45) is 18.5. The molecular weight excluding hydrogens is 1140 g/mol. The van der Waals surface area contributed by atoms with Gasteiger partial charge in [0.2, 0.25) is 0 Å². The van der Waals surface area contributed by atoms with Crippen molar-refractivity contribution in [1.82, 2.24) is 41.0 Å². The van der Waals surface area contributed by atoms with E-state index in [2.05, 4.69) is 171 Å². The molecule has 0 radical (unpaired) electrons. The summed E-state index contributed by atoms with van der Waals surface area (Å²) in [7, 11) is 0. The van der Waals surface area contributed by atoms with Gasteiger partial charge in [0.15, 0.2) is 11.6 Å². The molecule has 7 heterocycles. The topological polar surface area (TPSA) is 108 Å². The zero-order chi connectivity index (χ0) is 56.1. The summed E-state index contributed by atoms with van der Waals surface area (Å²) < 4.78 is 31.4. The predicted octanol–water partition coefficient (Wildman–Crippen LogP) is 21.2. The number of benzene rings is 6. The average molecular weight is 1200 g/mol. The molecule has 0 unspecified atom stereocenters. The molecule has 0 atom stereocenters. The fraction of sp³-hybridized carbons (Fsp3) is 0.265. The molecule has 0 aliphatic heterocycles. The number of aryl methyl sites for hydroxylation is 3. The maximum absolute atomic E-state index is 4.98. The SMILES string of the molecule is CCCCCCc1ccc(-c2ccc(-c3ccc(-c4nnc(-c5ccc(-c6ccc(-c7ccc(CCCCCC)s7)c7nsnc67)cc5)n4-c4ccc(-c5ccc(-c6ccc(CCCCCC)s6)c6nsnc56)cc4)cc3)c3nsnc23)s1. The van der Waals surface area contributed by atoms with Gasteiger partial charge in [-0.2, -0.15) is 26.2 Å². The predicted molar refractivity (Wildman–Crippen MR) is 355 cm³/mol. The normalized spacial score (nSPS) is 11.8. The molecule has 0 aliphatic rings. The summed E-state index contributed by atoms with van der Waals surface area (Å²) in [6.45, 7) is 6.80. The van der Waals surface area contributed by atoms with Gasteiger partial charge in [0.1, 0.15) is 33.1 Å². The summed E-state index contributed by atoms with van der Waals surface area (Å²) in [6, 6.07) is 52.9. The van der Waals surface area contributed by atoms with Gasteiger partial charge in [0, 0.05) is 79.5 Å². The lowest BCUT2D eigenvalue weighted by molar-refractivity contribution is 0.670. The number of hydrogen-bond donors (Lipinski definition) is 0. The van der Waals surface area contributed by atoms with Crippen molar-refractivity contribution in [3.63, 3.8) is 0 Å². The Labute approximate surface area is 509 Å². The van der Waals surface area contributed by atoms with Gasteiger partial charge in [0.05, 0.1) is 35.2 Å². The molecule has 0 saturated heterocycles. The second kappa shape index (κ2) is 25.5. The van der Waals surface area contributed by atoms with E-state index in [4.69, 9.17) is 36.4 Å². The molecular formula is C68H63N9S6. The van der Waals surface area contributed by atoms with Gasteiger partial charge in [-0.05, 0) is 104 Å². The van der Waals surface area contributed by atoms with Crippen molar-refractivity contribution < 1.29 is 0 Å². The first-order valence-electron chi connectivity index (χ1n) is 29.3. The first kappa shape index (κ1) is 55.2. The number of aromatic nitrogens is 9. The summed E-state index contributed by atoms with van der Waals surface area (Å²) in [4.78, 5) is 8.02. The third kappa shape index (κ3) is 11.6. The second-order valence-corrected chi connectivity index (χ2v) is 26.6. The Bertz CT molecular complexity index is 4120. The molecule has 0 N–H and O–H groups in total. The van der Waals surface area contributed by atoms with Crippen LogP contribution >= 0.6 is 69.2 Å². The van der Waals surface area contributed by atoms with Gasteiger partial charge >= 0.3 is 0 Å². The minimum absolute atomic E-state index is 0.738. The third-order valence-electron chi connectivity index (χ3n) is 15.9. The fourth-order valence-corrected chi connectivity index (χ4v) is 16.3. The van der Waals surface area contributed by atoms with Gasteiger partial charge in [-0.15, -0.1) is 44.2 Å². The van der Waals surface area contributed by atoms with Crippen molar-refractivity contribution in [2.24, 2.45) is 0 Å². The zero-order valence-electron chi connectivity index (χ0n) is 46.9. The van der Waals surface area contributed by atoms with Gasteiger partial charge < -0.3 is 0 Å². The van der Waals surface area contributed by atoms with Crippen LogP contribution < -0.4 is 0 Å². The molecule has 0 spiro atoms. The lowest BCUT2D eigenvalue weighted by Crippen LogP contribution is -2.00. The van der Waals surface area contributed by atoms with Crippen molar-refractivity contribution in [2.75, 3.05) is 0 Å². The van der Waals surface area contributed by atoms with Crippen molar-refractivity contribution in [3.8, 4) is 93.2 Å². The molecule has 0 amide bonds. The Morgan fingerprint density at radius 1 is 0.289 bits per heavy atom. The number of thiophene rings is 3. The number of hydrogen-bond acceptors (Lipinski definition) is 14. The van der Waals surface area contributed by atoms with Crippen LogP contribution in [0.15, 0.2) is 146 Å². The van der Waals surface area contributed by atoms with Crippen molar-refractivity contribution >= 4 is 102 Å². The Hall–Kier alpha value is -6.98. The number of rotatable bonds is 24. The summed E-state index contributed by atoms with van der Waals surface area (Å²) in [5.41, 5.74) is 18.3. The molecule has 0 fully saturated rings. The maximum atomic E-state index is 4.98. The highest BCUT2D eigenvalue weighted by Gasteiger charge is 2.22. The fourth-order valence-electron chi connectivity index (χ4n) is 11.3. The quantitative estimate of drug-likeness (QED) is 0.0551. The van der Waals surface area contributed by atoms with Crippen LogP contribution in [0, 0.1) is 0 Å². The third-order valence-corrected chi connectivity index (χ3v) is 21.0. The first-order chi connectivity index (χ1) is 41.0. The van der Waals surface area contributed by atoms with E-state index in [9.17, 15) is 0 Å². The zero-order valence-corrected chi connectivity index (χ0v) is 51.8. The molecule has 13 aromatic rings. The van der Waals surface area contributed by atoms with E-state index < -0.39 is 0 Å². The Morgan fingerprint density at radius 3 is 0.904 bits per heavy atom. The van der Waals surface area contributed by atoms with Crippen LogP contribution in [0.3, 0.4) is 0 Å². The first-order valence-corrected chi connectivity index (χ1v) is 34.0. The largest absolute Gasteiger partial charge is 0.275 e. The lowest BCUT2D eigenvalue weighted by Gasteiger charge is -2.13. The van der Waals surface area contributed by atoms with Crippen LogP contribution in [0.25, 0.3) is 126 Å². The monoisotopic (exact) mass is 1200 g/mol. The Kier molecular flexibility index (Phi) is 17.0. The smallest absolute Gasteiger partial charge is 0.168 e. The summed E-state index contributed by atoms with van der Waals surface area (Å²) in [5, 5.41) is 9.96. The highest BCUT2D eigenvalue weighted by molar-refractivity contribution is 7.16. The van der Waals surface area contributed by atoms with E-state index in [1.54, 1.807) is 0 Å². The van der Waals surface area contributed by atoms with E-state index >= 15 is 0 Å². The van der Waals surface area contributed by atoms with Crippen LogP contribution in [-0.4, -0.2) is 41.0 Å². The molecule has 15 heteroatoms. The van der Waals surface area contributed by atoms with Crippen molar-refractivity contribution in [2.45, 2.75) is 117 Å². The van der Waals surface area contributed by atoms with E-state index in [-0.39, 0.29) is 0 Å². The molecule has 6 aromatic carbocycles. The highest BCUT2D eigenvalue weighted by atomic mass is 32.1. The summed E-state index contributed by atoms with van der Waals surface area (Å²) >= 11 is 9.48. The van der Waals surface area contributed by atoms with Crippen LogP contribution in [0.1, 0.15) is 112 Å². The number of nitrogens with zero attached hydrogens (tertiary/aromatic N) is 9. The van der Waals surface area contributed by atoms with E-state index in [0.717, 1.165) is 131 Å². The van der Waals surface area contributed by atoms with Crippen molar-refractivity contribution in [1.29, 1.82) is 0 Å². The highest BCUT2D eigenvalue weighted by Crippen LogP contribution is 2.43. The minimum Gasteiger partial charge on any atom is -0.275 e. The lowest BCUT2D eigenvalue weighted by atomic mass is 9.99. The molecule has 9 nitrogen and oxygen atoms in total. The van der Waals surface area contributed by atoms with E-state index in [0.29, 0.717) is 0 Å². The second-order valence-electron chi connectivity index (χ2n) is 21.5. The van der Waals surface area contributed by atoms with Crippen LogP contribution in [0.4, 0.5) is 0 Å². The molecule has 7 aromatic heterocycles. The van der Waals surface area contributed by atoms with Crippen molar-refractivity contribution in [3.05, 3.63) is 160 Å². The van der Waals surface area contributed by atoms with Gasteiger partial charge in [-0.3, -0.25) is 4.57 Å². The number of unbranched alkanes of at least 4 members (excludes halogenated alkanes) is 9. The Morgan fingerprint density at radius 2 is 0.578 bits per heavy atom. The molecule has 0 aliphatic carbocycles. The molecule has 0 bridgehead atoms.